The van der Waals surface area contributed by atoms with Gasteiger partial charge in [-0.1, -0.05) is 40.6 Å². The van der Waals surface area contributed by atoms with Crippen molar-refractivity contribution in [3.8, 4) is 0 Å². The summed E-state index contributed by atoms with van der Waals surface area (Å²) in [7, 11) is 0. The molecular formula is C21H23ClN4OS. The number of thiazole rings is 1. The van der Waals surface area contributed by atoms with Gasteiger partial charge in [0.25, 0.3) is 5.91 Å². The fourth-order valence-electron chi connectivity index (χ4n) is 3.32. The maximum atomic E-state index is 12.2. The van der Waals surface area contributed by atoms with Crippen LogP contribution in [0.25, 0.3) is 10.2 Å². The van der Waals surface area contributed by atoms with Gasteiger partial charge in [-0.05, 0) is 37.3 Å². The van der Waals surface area contributed by atoms with Crippen molar-refractivity contribution in [3.63, 3.8) is 0 Å². The van der Waals surface area contributed by atoms with Gasteiger partial charge in [0.2, 0.25) is 0 Å². The van der Waals surface area contributed by atoms with Crippen LogP contribution >= 0.6 is 22.9 Å². The second-order valence-electron chi connectivity index (χ2n) is 7.06. The fourth-order valence-corrected chi connectivity index (χ4v) is 4.61. The predicted molar refractivity (Wildman–Crippen MR) is 117 cm³/mol. The average Bonchev–Trinajstić information content (AvgIpc) is 3.12. The molecule has 1 saturated heterocycles. The van der Waals surface area contributed by atoms with Crippen LogP contribution < -0.4 is 10.2 Å². The largest absolute Gasteiger partial charge is 0.351 e. The number of amides is 1. The van der Waals surface area contributed by atoms with Gasteiger partial charge in [-0.25, -0.2) is 4.98 Å². The lowest BCUT2D eigenvalue weighted by Crippen LogP contribution is -2.48. The first-order chi connectivity index (χ1) is 13.6. The van der Waals surface area contributed by atoms with Crippen LogP contribution in [0.1, 0.15) is 15.9 Å². The Morgan fingerprint density at radius 3 is 2.64 bits per heavy atom. The lowest BCUT2D eigenvalue weighted by atomic mass is 10.1. The molecule has 4 rings (SSSR count). The normalized spacial score (nSPS) is 15.1. The van der Waals surface area contributed by atoms with Crippen LogP contribution in [0, 0.1) is 6.92 Å². The third-order valence-electron chi connectivity index (χ3n) is 5.01. The van der Waals surface area contributed by atoms with Crippen LogP contribution in [0.4, 0.5) is 5.13 Å². The van der Waals surface area contributed by atoms with E-state index >= 15 is 0 Å². The summed E-state index contributed by atoms with van der Waals surface area (Å²) in [5.41, 5.74) is 2.88. The van der Waals surface area contributed by atoms with E-state index in [0.29, 0.717) is 12.1 Å². The number of halogens is 1. The molecule has 0 aliphatic carbocycles. The molecule has 146 valence electrons. The minimum atomic E-state index is -0.00762. The molecule has 0 spiro atoms. The fraction of sp³-hybridized carbons (Fsp3) is 0.333. The molecule has 1 aliphatic rings. The van der Waals surface area contributed by atoms with Crippen LogP contribution in [0.3, 0.4) is 0 Å². The van der Waals surface area contributed by atoms with Crippen LogP contribution in [0.5, 0.6) is 0 Å². The number of nitrogens with one attached hydrogen (secondary N) is 1. The number of hydrogen-bond donors (Lipinski definition) is 1. The van der Waals surface area contributed by atoms with Crippen molar-refractivity contribution in [1.29, 1.82) is 0 Å². The van der Waals surface area contributed by atoms with E-state index < -0.39 is 0 Å². The van der Waals surface area contributed by atoms with Gasteiger partial charge in [0.05, 0.1) is 10.2 Å². The van der Waals surface area contributed by atoms with Crippen LogP contribution in [0.2, 0.25) is 5.02 Å². The highest BCUT2D eigenvalue weighted by Crippen LogP contribution is 2.31. The number of benzene rings is 2. The molecular weight excluding hydrogens is 392 g/mol. The van der Waals surface area contributed by atoms with Crippen LogP contribution in [0.15, 0.2) is 42.5 Å². The molecule has 28 heavy (non-hydrogen) atoms. The van der Waals surface area contributed by atoms with Crippen LogP contribution in [-0.2, 0) is 0 Å². The predicted octanol–water partition coefficient (Wildman–Crippen LogP) is 3.81. The summed E-state index contributed by atoms with van der Waals surface area (Å²) in [4.78, 5) is 21.6. The number of carbonyl (C=O) groups excluding carboxylic acids is 1. The van der Waals surface area contributed by atoms with E-state index in [1.165, 1.54) is 0 Å². The number of nitrogens with zero attached hydrogens (tertiary/aromatic N) is 3. The first-order valence-electron chi connectivity index (χ1n) is 9.47. The van der Waals surface area contributed by atoms with Crippen molar-refractivity contribution in [1.82, 2.24) is 15.2 Å². The number of hydrogen-bond acceptors (Lipinski definition) is 5. The summed E-state index contributed by atoms with van der Waals surface area (Å²) >= 11 is 7.77. The lowest BCUT2D eigenvalue weighted by Gasteiger charge is -2.34. The van der Waals surface area contributed by atoms with E-state index in [2.05, 4.69) is 15.1 Å². The summed E-state index contributed by atoms with van der Waals surface area (Å²) < 4.78 is 1.13. The molecule has 0 bridgehead atoms. The standard InChI is InChI=1S/C21H23ClN4OS/c1-15-2-4-16(5-3-15)20(27)23-8-9-25-10-12-26(13-11-25)21-24-18-7-6-17(22)14-19(18)28-21/h2-7,14H,8-13H2,1H3,(H,23,27). The summed E-state index contributed by atoms with van der Waals surface area (Å²) in [5.74, 6) is -0.00762. The zero-order valence-corrected chi connectivity index (χ0v) is 17.4. The lowest BCUT2D eigenvalue weighted by molar-refractivity contribution is 0.0948. The maximum Gasteiger partial charge on any atom is 0.251 e. The highest BCUT2D eigenvalue weighted by Gasteiger charge is 2.20. The van der Waals surface area contributed by atoms with Gasteiger partial charge in [-0.15, -0.1) is 0 Å². The number of piperazine rings is 1. The quantitative estimate of drug-likeness (QED) is 0.689. The van der Waals surface area contributed by atoms with Gasteiger partial charge in [0.1, 0.15) is 0 Å². The molecule has 1 N–H and O–H groups in total. The molecule has 0 atom stereocenters. The molecule has 1 aromatic heterocycles. The average molecular weight is 415 g/mol. The van der Waals surface area contributed by atoms with Crippen molar-refractivity contribution in [2.45, 2.75) is 6.92 Å². The maximum absolute atomic E-state index is 12.2. The molecule has 2 aromatic carbocycles. The van der Waals surface area contributed by atoms with E-state index in [4.69, 9.17) is 16.6 Å². The molecule has 7 heteroatoms. The van der Waals surface area contributed by atoms with E-state index in [1.54, 1.807) is 11.3 Å². The molecule has 0 unspecified atom stereocenters. The van der Waals surface area contributed by atoms with Gasteiger partial charge < -0.3 is 10.2 Å². The zero-order valence-electron chi connectivity index (χ0n) is 15.8. The highest BCUT2D eigenvalue weighted by molar-refractivity contribution is 7.22. The Labute approximate surface area is 173 Å². The third kappa shape index (κ3) is 4.46. The highest BCUT2D eigenvalue weighted by atomic mass is 35.5. The second-order valence-corrected chi connectivity index (χ2v) is 8.50. The van der Waals surface area contributed by atoms with Crippen molar-refractivity contribution in [2.75, 3.05) is 44.2 Å². The van der Waals surface area contributed by atoms with E-state index in [0.717, 1.165) is 58.7 Å². The number of aryl methyl sites for hydroxylation is 1. The van der Waals surface area contributed by atoms with Gasteiger partial charge in [-0.2, -0.15) is 0 Å². The van der Waals surface area contributed by atoms with Gasteiger partial charge in [-0.3, -0.25) is 9.69 Å². The molecule has 1 fully saturated rings. The van der Waals surface area contributed by atoms with Gasteiger partial charge >= 0.3 is 0 Å². The first kappa shape index (κ1) is 19.2. The molecule has 1 aliphatic heterocycles. The Hall–Kier alpha value is -2.15. The van der Waals surface area contributed by atoms with Crippen molar-refractivity contribution < 1.29 is 4.79 Å². The van der Waals surface area contributed by atoms with Crippen molar-refractivity contribution >= 4 is 44.2 Å². The van der Waals surface area contributed by atoms with E-state index in [1.807, 2.05) is 49.4 Å². The SMILES string of the molecule is Cc1ccc(C(=O)NCCN2CCN(c3nc4ccc(Cl)cc4s3)CC2)cc1. The summed E-state index contributed by atoms with van der Waals surface area (Å²) in [6, 6.07) is 13.5. The van der Waals surface area contributed by atoms with Crippen molar-refractivity contribution in [2.24, 2.45) is 0 Å². The molecule has 3 aromatic rings. The van der Waals surface area contributed by atoms with E-state index in [9.17, 15) is 4.79 Å². The van der Waals surface area contributed by atoms with Crippen LogP contribution in [-0.4, -0.2) is 55.1 Å². The van der Waals surface area contributed by atoms with Crippen molar-refractivity contribution in [3.05, 3.63) is 58.6 Å². The monoisotopic (exact) mass is 414 g/mol. The second kappa shape index (κ2) is 8.47. The van der Waals surface area contributed by atoms with Gasteiger partial charge in [0, 0.05) is 49.9 Å². The minimum Gasteiger partial charge on any atom is -0.351 e. The zero-order chi connectivity index (χ0) is 19.5. The Morgan fingerprint density at radius 2 is 1.89 bits per heavy atom. The molecule has 0 saturated carbocycles. The molecule has 5 nitrogen and oxygen atoms in total. The number of anilines is 1. The number of fused-ring (bicyclic) bond motifs is 1. The smallest absolute Gasteiger partial charge is 0.251 e. The Balaban J connectivity index is 1.24. The summed E-state index contributed by atoms with van der Waals surface area (Å²) in [5, 5.41) is 4.82. The Morgan fingerprint density at radius 1 is 1.14 bits per heavy atom. The molecule has 1 amide bonds. The summed E-state index contributed by atoms with van der Waals surface area (Å²) in [6.45, 7) is 7.37. The number of carbonyl (C=O) groups is 1. The van der Waals surface area contributed by atoms with E-state index in [-0.39, 0.29) is 5.91 Å². The minimum absolute atomic E-state index is 0.00762. The first-order valence-corrected chi connectivity index (χ1v) is 10.7. The molecule has 2 heterocycles. The van der Waals surface area contributed by atoms with Gasteiger partial charge in [0.15, 0.2) is 5.13 Å². The number of aromatic nitrogens is 1. The third-order valence-corrected chi connectivity index (χ3v) is 6.32. The Kier molecular flexibility index (Phi) is 5.80. The summed E-state index contributed by atoms with van der Waals surface area (Å²) in [6.07, 6.45) is 0. The molecule has 0 radical (unpaired) electrons. The topological polar surface area (TPSA) is 48.5 Å². The number of rotatable bonds is 5. The Bertz CT molecular complexity index is 964.